The standard InChI is InChI=1S/C21H20N2O2/c24-14-22-19-10-6-17(7-11-19)21(16-4-2-1-3-5-16)18-8-12-20(13-9-18)23-15-25/h1-7,10-11,18,20-21H,8-9,12-13H2. The van der Waals surface area contributed by atoms with Crippen LogP contribution in [-0.2, 0) is 9.59 Å². The summed E-state index contributed by atoms with van der Waals surface area (Å²) in [6, 6.07) is 18.4. The second-order valence-electron chi connectivity index (χ2n) is 6.47. The Morgan fingerprint density at radius 2 is 1.44 bits per heavy atom. The largest absolute Gasteiger partial charge is 0.240 e. The van der Waals surface area contributed by atoms with E-state index >= 15 is 0 Å². The lowest BCUT2D eigenvalue weighted by atomic mass is 9.72. The van der Waals surface area contributed by atoms with Crippen molar-refractivity contribution in [3.63, 3.8) is 0 Å². The van der Waals surface area contributed by atoms with Crippen LogP contribution in [0.1, 0.15) is 42.7 Å². The fraction of sp³-hybridized carbons (Fsp3) is 0.333. The van der Waals surface area contributed by atoms with Crippen LogP contribution < -0.4 is 0 Å². The first-order valence-electron chi connectivity index (χ1n) is 8.61. The highest BCUT2D eigenvalue weighted by molar-refractivity contribution is 5.50. The highest BCUT2D eigenvalue weighted by atomic mass is 16.1. The molecule has 1 fully saturated rings. The molecule has 0 bridgehead atoms. The molecule has 0 radical (unpaired) electrons. The van der Waals surface area contributed by atoms with E-state index in [1.54, 1.807) is 12.2 Å². The zero-order chi connectivity index (χ0) is 17.5. The molecule has 1 atom stereocenters. The molecule has 0 heterocycles. The van der Waals surface area contributed by atoms with Crippen molar-refractivity contribution >= 4 is 17.8 Å². The van der Waals surface area contributed by atoms with Crippen molar-refractivity contribution in [3.8, 4) is 0 Å². The topological polar surface area (TPSA) is 58.9 Å². The average molecular weight is 332 g/mol. The van der Waals surface area contributed by atoms with Crippen LogP contribution in [0, 0.1) is 5.92 Å². The van der Waals surface area contributed by atoms with Crippen molar-refractivity contribution in [2.75, 3.05) is 0 Å². The summed E-state index contributed by atoms with van der Waals surface area (Å²) in [5.41, 5.74) is 3.13. The average Bonchev–Trinajstić information content (AvgIpc) is 2.66. The first-order chi connectivity index (χ1) is 12.3. The Bertz CT molecular complexity index is 780. The molecule has 2 aromatic carbocycles. The number of hydrogen-bond donors (Lipinski definition) is 0. The molecule has 3 rings (SSSR count). The van der Waals surface area contributed by atoms with Crippen molar-refractivity contribution in [3.05, 3.63) is 65.7 Å². The fourth-order valence-electron chi connectivity index (χ4n) is 3.84. The predicted octanol–water partition coefficient (Wildman–Crippen LogP) is 4.68. The van der Waals surface area contributed by atoms with Gasteiger partial charge in [-0.25, -0.2) is 14.6 Å². The Morgan fingerprint density at radius 1 is 0.800 bits per heavy atom. The molecule has 0 aromatic heterocycles. The summed E-state index contributed by atoms with van der Waals surface area (Å²) in [4.78, 5) is 28.5. The van der Waals surface area contributed by atoms with Gasteiger partial charge in [-0.15, -0.1) is 0 Å². The van der Waals surface area contributed by atoms with Gasteiger partial charge in [0.1, 0.15) is 0 Å². The lowest BCUT2D eigenvalue weighted by molar-refractivity contribution is 0.301. The van der Waals surface area contributed by atoms with Gasteiger partial charge in [0.25, 0.3) is 0 Å². The Balaban J connectivity index is 1.88. The number of rotatable bonds is 5. The molecule has 0 spiro atoms. The second kappa shape index (κ2) is 8.34. The Kier molecular flexibility index (Phi) is 5.69. The monoisotopic (exact) mass is 332 g/mol. The molecule has 1 aliphatic rings. The molecule has 0 N–H and O–H groups in total. The highest BCUT2D eigenvalue weighted by Crippen LogP contribution is 2.41. The molecule has 2 aromatic rings. The molecule has 1 unspecified atom stereocenters. The minimum absolute atomic E-state index is 0.120. The van der Waals surface area contributed by atoms with Crippen LogP contribution in [0.2, 0.25) is 0 Å². The summed E-state index contributed by atoms with van der Waals surface area (Å²) in [5, 5.41) is 0. The van der Waals surface area contributed by atoms with E-state index in [1.165, 1.54) is 11.1 Å². The quantitative estimate of drug-likeness (QED) is 0.589. The van der Waals surface area contributed by atoms with Crippen molar-refractivity contribution in [2.24, 2.45) is 15.9 Å². The van der Waals surface area contributed by atoms with Crippen LogP contribution in [0.5, 0.6) is 0 Å². The normalized spacial score (nSPS) is 20.8. The molecule has 1 saturated carbocycles. The van der Waals surface area contributed by atoms with Crippen LogP contribution in [0.3, 0.4) is 0 Å². The SMILES string of the molecule is O=C=Nc1ccc(C(c2ccccc2)C2CCC(N=C=O)CC2)cc1. The first kappa shape index (κ1) is 17.0. The predicted molar refractivity (Wildman–Crippen MR) is 96.4 cm³/mol. The van der Waals surface area contributed by atoms with E-state index in [0.717, 1.165) is 25.7 Å². The molecule has 0 saturated heterocycles. The molecular formula is C21H20N2O2. The number of isocyanates is 2. The van der Waals surface area contributed by atoms with Gasteiger partial charge in [-0.2, -0.15) is 4.99 Å². The molecule has 1 aliphatic carbocycles. The maximum absolute atomic E-state index is 10.5. The Hall–Kier alpha value is -2.80. The van der Waals surface area contributed by atoms with Crippen LogP contribution >= 0.6 is 0 Å². The number of aliphatic imine (C=N–C) groups is 2. The summed E-state index contributed by atoms with van der Waals surface area (Å²) in [7, 11) is 0. The molecular weight excluding hydrogens is 312 g/mol. The molecule has 0 amide bonds. The fourth-order valence-corrected chi connectivity index (χ4v) is 3.84. The summed E-state index contributed by atoms with van der Waals surface area (Å²) >= 11 is 0. The van der Waals surface area contributed by atoms with Crippen molar-refractivity contribution in [2.45, 2.75) is 37.6 Å². The van der Waals surface area contributed by atoms with Crippen LogP contribution in [0.4, 0.5) is 5.69 Å². The minimum atomic E-state index is 0.120. The lowest BCUT2D eigenvalue weighted by Crippen LogP contribution is -2.23. The van der Waals surface area contributed by atoms with E-state index in [0.29, 0.717) is 11.6 Å². The molecule has 126 valence electrons. The third-order valence-corrected chi connectivity index (χ3v) is 5.03. The van der Waals surface area contributed by atoms with Gasteiger partial charge >= 0.3 is 0 Å². The molecule has 0 aliphatic heterocycles. The van der Waals surface area contributed by atoms with E-state index in [4.69, 9.17) is 0 Å². The lowest BCUT2D eigenvalue weighted by Gasteiger charge is -2.33. The van der Waals surface area contributed by atoms with Gasteiger partial charge in [0.15, 0.2) is 0 Å². The summed E-state index contributed by atoms with van der Waals surface area (Å²) in [5.74, 6) is 0.789. The van der Waals surface area contributed by atoms with E-state index in [1.807, 2.05) is 30.3 Å². The van der Waals surface area contributed by atoms with Crippen molar-refractivity contribution in [1.82, 2.24) is 0 Å². The highest BCUT2D eigenvalue weighted by Gasteiger charge is 2.29. The summed E-state index contributed by atoms with van der Waals surface area (Å²) in [6.45, 7) is 0. The Labute approximate surface area is 147 Å². The zero-order valence-corrected chi connectivity index (χ0v) is 14.0. The first-order valence-corrected chi connectivity index (χ1v) is 8.61. The minimum Gasteiger partial charge on any atom is -0.211 e. The van der Waals surface area contributed by atoms with Crippen LogP contribution in [-0.4, -0.2) is 18.2 Å². The smallest absolute Gasteiger partial charge is 0.211 e. The maximum Gasteiger partial charge on any atom is 0.240 e. The van der Waals surface area contributed by atoms with E-state index in [-0.39, 0.29) is 12.0 Å². The number of hydrogen-bond acceptors (Lipinski definition) is 4. The van der Waals surface area contributed by atoms with Gasteiger partial charge in [0.2, 0.25) is 12.2 Å². The Morgan fingerprint density at radius 3 is 2.04 bits per heavy atom. The van der Waals surface area contributed by atoms with Crippen LogP contribution in [0.25, 0.3) is 0 Å². The van der Waals surface area contributed by atoms with Gasteiger partial charge in [0.05, 0.1) is 11.7 Å². The third kappa shape index (κ3) is 4.19. The van der Waals surface area contributed by atoms with Gasteiger partial charge in [-0.3, -0.25) is 0 Å². The van der Waals surface area contributed by atoms with Gasteiger partial charge in [-0.05, 0) is 54.9 Å². The summed E-state index contributed by atoms with van der Waals surface area (Å²) < 4.78 is 0. The zero-order valence-electron chi connectivity index (χ0n) is 14.0. The van der Waals surface area contributed by atoms with Gasteiger partial charge in [-0.1, -0.05) is 42.5 Å². The summed E-state index contributed by atoms with van der Waals surface area (Å²) in [6.07, 6.45) is 7.19. The van der Waals surface area contributed by atoms with Crippen LogP contribution in [0.15, 0.2) is 64.6 Å². The number of carbonyl (C=O) groups excluding carboxylic acids is 2. The van der Waals surface area contributed by atoms with E-state index in [9.17, 15) is 9.59 Å². The molecule has 4 nitrogen and oxygen atoms in total. The van der Waals surface area contributed by atoms with Gasteiger partial charge < -0.3 is 0 Å². The maximum atomic E-state index is 10.5. The van der Waals surface area contributed by atoms with Gasteiger partial charge in [0, 0.05) is 5.92 Å². The molecule has 4 heteroatoms. The molecule has 25 heavy (non-hydrogen) atoms. The van der Waals surface area contributed by atoms with E-state index in [2.05, 4.69) is 34.3 Å². The van der Waals surface area contributed by atoms with E-state index < -0.39 is 0 Å². The number of nitrogens with zero attached hydrogens (tertiary/aromatic N) is 2. The third-order valence-electron chi connectivity index (χ3n) is 5.03. The van der Waals surface area contributed by atoms with Crippen molar-refractivity contribution < 1.29 is 9.59 Å². The second-order valence-corrected chi connectivity index (χ2v) is 6.47. The van der Waals surface area contributed by atoms with Crippen molar-refractivity contribution in [1.29, 1.82) is 0 Å². The number of benzene rings is 2.